The number of aromatic nitrogens is 2. The van der Waals surface area contributed by atoms with Gasteiger partial charge in [0.15, 0.2) is 6.21 Å². The molecule has 1 atom stereocenters. The van der Waals surface area contributed by atoms with E-state index in [0.29, 0.717) is 12.2 Å². The molecule has 10 heteroatoms. The SMILES string of the molecule is CN1CCN(CCNC(=O)C2CCc3c(sc4ncnc(Nc5ccc(N)c(C=[NH2+])c5)c34)C2)CC1. The van der Waals surface area contributed by atoms with Crippen molar-refractivity contribution in [3.8, 4) is 0 Å². The summed E-state index contributed by atoms with van der Waals surface area (Å²) in [4.78, 5) is 28.9. The largest absolute Gasteiger partial charge is 0.398 e. The summed E-state index contributed by atoms with van der Waals surface area (Å²) in [6, 6.07) is 5.65. The summed E-state index contributed by atoms with van der Waals surface area (Å²) >= 11 is 1.67. The number of nitrogens with one attached hydrogen (secondary N) is 2. The Balaban J connectivity index is 1.26. The lowest BCUT2D eigenvalue weighted by atomic mass is 9.87. The predicted octanol–water partition coefficient (Wildman–Crippen LogP) is 0.664. The van der Waals surface area contributed by atoms with Gasteiger partial charge in [-0.1, -0.05) is 0 Å². The average molecular weight is 494 g/mol. The summed E-state index contributed by atoms with van der Waals surface area (Å²) in [5, 5.41) is 13.3. The first-order valence-electron chi connectivity index (χ1n) is 12.2. The summed E-state index contributed by atoms with van der Waals surface area (Å²) in [5.41, 5.74) is 9.50. The van der Waals surface area contributed by atoms with Crippen molar-refractivity contribution in [2.24, 2.45) is 5.92 Å². The number of nitrogens with zero attached hydrogens (tertiary/aromatic N) is 4. The highest BCUT2D eigenvalue weighted by molar-refractivity contribution is 7.19. The van der Waals surface area contributed by atoms with Crippen LogP contribution in [-0.2, 0) is 17.6 Å². The van der Waals surface area contributed by atoms with E-state index in [1.165, 1.54) is 16.7 Å². The minimum absolute atomic E-state index is 0.00664. The lowest BCUT2D eigenvalue weighted by Crippen LogP contribution is -2.47. The van der Waals surface area contributed by atoms with Crippen LogP contribution in [0.15, 0.2) is 24.5 Å². The molecule has 184 valence electrons. The standard InChI is InChI=1S/C25H32N8OS/c1-32-8-10-33(11-9-32)7-6-28-24(34)16-2-4-19-21(13-16)35-25-22(19)23(29-15-30-25)31-18-3-5-20(27)17(12-18)14-26/h3,5,12,14-16,26H,2,4,6-11,13,27H2,1H3,(H,28,34)(H,29,30,31)/p+1. The van der Waals surface area contributed by atoms with Crippen molar-refractivity contribution < 1.29 is 10.2 Å². The van der Waals surface area contributed by atoms with Crippen molar-refractivity contribution in [3.05, 3.63) is 40.5 Å². The van der Waals surface area contributed by atoms with Crippen LogP contribution >= 0.6 is 11.3 Å². The van der Waals surface area contributed by atoms with E-state index in [0.717, 1.165) is 79.3 Å². The summed E-state index contributed by atoms with van der Waals surface area (Å²) in [5.74, 6) is 0.946. The molecule has 0 radical (unpaired) electrons. The maximum atomic E-state index is 12.9. The smallest absolute Gasteiger partial charge is 0.223 e. The third kappa shape index (κ3) is 5.14. The molecule has 1 aromatic carbocycles. The number of aryl methyl sites for hydroxylation is 1. The van der Waals surface area contributed by atoms with Gasteiger partial charge in [-0.2, -0.15) is 0 Å². The molecule has 35 heavy (non-hydrogen) atoms. The quantitative estimate of drug-likeness (QED) is 0.282. The third-order valence-corrected chi connectivity index (χ3v) is 8.23. The van der Waals surface area contributed by atoms with E-state index in [1.54, 1.807) is 17.7 Å². The number of thiophene rings is 1. The van der Waals surface area contributed by atoms with Gasteiger partial charge in [-0.25, -0.2) is 9.97 Å². The second-order valence-corrected chi connectivity index (χ2v) is 10.5. The van der Waals surface area contributed by atoms with E-state index in [9.17, 15) is 4.79 Å². The molecule has 1 aliphatic carbocycles. The molecule has 0 bridgehead atoms. The molecule has 9 nitrogen and oxygen atoms in total. The minimum atomic E-state index is 0.00664. The van der Waals surface area contributed by atoms with Crippen LogP contribution in [0.1, 0.15) is 22.4 Å². The number of benzene rings is 1. The van der Waals surface area contributed by atoms with Crippen LogP contribution in [-0.4, -0.2) is 78.2 Å². The van der Waals surface area contributed by atoms with Gasteiger partial charge >= 0.3 is 0 Å². The predicted molar refractivity (Wildman–Crippen MR) is 141 cm³/mol. The van der Waals surface area contributed by atoms with Crippen LogP contribution in [0.25, 0.3) is 10.2 Å². The first-order chi connectivity index (χ1) is 17.0. The molecule has 2 aliphatic rings. The lowest BCUT2D eigenvalue weighted by Gasteiger charge is -2.32. The fraction of sp³-hybridized carbons (Fsp3) is 0.440. The number of nitrogens with two attached hydrogens (primary N) is 2. The van der Waals surface area contributed by atoms with Crippen LogP contribution in [0.5, 0.6) is 0 Å². The molecule has 3 aromatic rings. The Morgan fingerprint density at radius 3 is 2.91 bits per heavy atom. The van der Waals surface area contributed by atoms with Gasteiger partial charge in [0, 0.05) is 61.4 Å². The zero-order valence-corrected chi connectivity index (χ0v) is 20.9. The van der Waals surface area contributed by atoms with E-state index in [1.807, 2.05) is 18.2 Å². The van der Waals surface area contributed by atoms with Crippen molar-refractivity contribution >= 4 is 50.9 Å². The van der Waals surface area contributed by atoms with Gasteiger partial charge in [0.05, 0.1) is 10.9 Å². The van der Waals surface area contributed by atoms with Gasteiger partial charge in [-0.05, 0) is 50.1 Å². The number of fused-ring (bicyclic) bond motifs is 3. The zero-order chi connectivity index (χ0) is 24.4. The van der Waals surface area contributed by atoms with Crippen LogP contribution in [0.2, 0.25) is 0 Å². The highest BCUT2D eigenvalue weighted by Crippen LogP contribution is 2.40. The Labute approximate surface area is 209 Å². The highest BCUT2D eigenvalue weighted by atomic mass is 32.1. The highest BCUT2D eigenvalue weighted by Gasteiger charge is 2.29. The molecule has 0 saturated carbocycles. The second kappa shape index (κ2) is 10.3. The number of piperazine rings is 1. The average Bonchev–Trinajstić information content (AvgIpc) is 3.25. The molecule has 0 spiro atoms. The Kier molecular flexibility index (Phi) is 6.94. The van der Waals surface area contributed by atoms with Crippen LogP contribution in [0.4, 0.5) is 17.2 Å². The number of hydrogen-bond donors (Lipinski definition) is 4. The third-order valence-electron chi connectivity index (χ3n) is 7.07. The minimum Gasteiger partial charge on any atom is -0.398 e. The van der Waals surface area contributed by atoms with Gasteiger partial charge in [-0.3, -0.25) is 15.1 Å². The zero-order valence-electron chi connectivity index (χ0n) is 20.1. The molecule has 1 amide bonds. The second-order valence-electron chi connectivity index (χ2n) is 9.42. The maximum Gasteiger partial charge on any atom is 0.223 e. The Hall–Kier alpha value is -3.08. The van der Waals surface area contributed by atoms with Gasteiger partial charge in [0.1, 0.15) is 17.0 Å². The number of likely N-dealkylation sites (N-methyl/N-ethyl adjacent to an activating group) is 1. The molecule has 1 aliphatic heterocycles. The topological polar surface area (TPSA) is 125 Å². The van der Waals surface area contributed by atoms with E-state index < -0.39 is 0 Å². The number of carbonyl (C=O) groups excluding carboxylic acids is 1. The molecule has 6 N–H and O–H groups in total. The summed E-state index contributed by atoms with van der Waals surface area (Å²) < 4.78 is 0. The fourth-order valence-electron chi connectivity index (χ4n) is 4.92. The van der Waals surface area contributed by atoms with Crippen molar-refractivity contribution in [2.75, 3.05) is 57.4 Å². The van der Waals surface area contributed by atoms with Crippen LogP contribution in [0, 0.1) is 5.92 Å². The van der Waals surface area contributed by atoms with Crippen molar-refractivity contribution in [2.45, 2.75) is 19.3 Å². The first-order valence-corrected chi connectivity index (χ1v) is 13.0. The summed E-state index contributed by atoms with van der Waals surface area (Å²) in [6.07, 6.45) is 5.52. The monoisotopic (exact) mass is 493 g/mol. The number of nitrogen functional groups attached to an aromatic ring is 1. The number of hydrogen-bond acceptors (Lipinski definition) is 8. The number of rotatable bonds is 7. The maximum absolute atomic E-state index is 12.9. The molecular formula is C25H33N8OS+. The molecule has 1 saturated heterocycles. The number of carbonyl (C=O) groups is 1. The van der Waals surface area contributed by atoms with E-state index >= 15 is 0 Å². The van der Waals surface area contributed by atoms with Gasteiger partial charge in [-0.15, -0.1) is 11.3 Å². The Morgan fingerprint density at radius 2 is 2.11 bits per heavy atom. The molecule has 1 unspecified atom stereocenters. The molecule has 3 heterocycles. The molecule has 2 aromatic heterocycles. The fourth-order valence-corrected chi connectivity index (χ4v) is 6.18. The van der Waals surface area contributed by atoms with E-state index in [4.69, 9.17) is 11.1 Å². The van der Waals surface area contributed by atoms with Crippen LogP contribution in [0.3, 0.4) is 0 Å². The Morgan fingerprint density at radius 1 is 1.29 bits per heavy atom. The molecule has 1 fully saturated rings. The van der Waals surface area contributed by atoms with Crippen molar-refractivity contribution in [1.29, 1.82) is 0 Å². The molecular weight excluding hydrogens is 460 g/mol. The van der Waals surface area contributed by atoms with E-state index in [2.05, 4.69) is 37.4 Å². The number of anilines is 3. The normalized spacial score (nSPS) is 18.8. The van der Waals surface area contributed by atoms with E-state index in [-0.39, 0.29) is 11.8 Å². The van der Waals surface area contributed by atoms with Crippen molar-refractivity contribution in [3.63, 3.8) is 0 Å². The summed E-state index contributed by atoms with van der Waals surface area (Å²) in [6.45, 7) is 5.95. The van der Waals surface area contributed by atoms with Gasteiger partial charge in [0.2, 0.25) is 5.91 Å². The van der Waals surface area contributed by atoms with Crippen molar-refractivity contribution in [1.82, 2.24) is 25.1 Å². The Bertz CT molecular complexity index is 1230. The summed E-state index contributed by atoms with van der Waals surface area (Å²) in [7, 11) is 2.16. The molecule has 5 rings (SSSR count). The van der Waals surface area contributed by atoms with Gasteiger partial charge < -0.3 is 21.3 Å². The van der Waals surface area contributed by atoms with Gasteiger partial charge in [0.25, 0.3) is 0 Å². The number of amides is 1. The first kappa shape index (κ1) is 23.7. The van der Waals surface area contributed by atoms with Crippen LogP contribution < -0.4 is 21.8 Å². The lowest BCUT2D eigenvalue weighted by molar-refractivity contribution is -0.125.